The maximum absolute atomic E-state index is 12.8. The summed E-state index contributed by atoms with van der Waals surface area (Å²) in [7, 11) is 1.52. The monoisotopic (exact) mass is 260 g/mol. The number of carbonyl (C=O) groups excluding carboxylic acids is 1. The second-order valence-electron chi connectivity index (χ2n) is 3.91. The summed E-state index contributed by atoms with van der Waals surface area (Å²) in [5, 5.41) is 0. The van der Waals surface area contributed by atoms with Crippen LogP contribution in [0.1, 0.15) is 15.9 Å². The van der Waals surface area contributed by atoms with E-state index in [4.69, 9.17) is 9.47 Å². The Morgan fingerprint density at radius 2 is 1.84 bits per heavy atom. The van der Waals surface area contributed by atoms with E-state index in [0.29, 0.717) is 16.9 Å². The van der Waals surface area contributed by atoms with E-state index < -0.39 is 0 Å². The molecule has 3 nitrogen and oxygen atoms in total. The molecule has 0 fully saturated rings. The lowest BCUT2D eigenvalue weighted by Gasteiger charge is -2.06. The van der Waals surface area contributed by atoms with Crippen LogP contribution >= 0.6 is 0 Å². The van der Waals surface area contributed by atoms with Crippen molar-refractivity contribution in [3.8, 4) is 5.75 Å². The fourth-order valence-electron chi connectivity index (χ4n) is 1.62. The molecule has 2 aromatic carbocycles. The fraction of sp³-hybridized carbons (Fsp3) is 0.133. The summed E-state index contributed by atoms with van der Waals surface area (Å²) < 4.78 is 22.9. The molecule has 0 radical (unpaired) electrons. The van der Waals surface area contributed by atoms with Crippen molar-refractivity contribution in [3.63, 3.8) is 0 Å². The van der Waals surface area contributed by atoms with Crippen molar-refractivity contribution in [1.82, 2.24) is 0 Å². The Bertz CT molecular complexity index is 564. The van der Waals surface area contributed by atoms with Gasteiger partial charge in [0.2, 0.25) is 0 Å². The molecule has 0 bridgehead atoms. The molecule has 0 aromatic heterocycles. The largest absolute Gasteiger partial charge is 0.468 e. The van der Waals surface area contributed by atoms with Crippen LogP contribution in [0.5, 0.6) is 5.75 Å². The van der Waals surface area contributed by atoms with Crippen LogP contribution in [0, 0.1) is 5.82 Å². The lowest BCUT2D eigenvalue weighted by Crippen LogP contribution is -2.03. The van der Waals surface area contributed by atoms with Crippen molar-refractivity contribution in [3.05, 3.63) is 65.5 Å². The quantitative estimate of drug-likeness (QED) is 0.612. The zero-order chi connectivity index (χ0) is 13.7. The van der Waals surface area contributed by atoms with E-state index in [0.717, 1.165) is 0 Å². The average Bonchev–Trinajstić information content (AvgIpc) is 2.45. The molecule has 2 rings (SSSR count). The van der Waals surface area contributed by atoms with E-state index in [1.165, 1.54) is 31.4 Å². The van der Waals surface area contributed by atoms with Gasteiger partial charge in [-0.2, -0.15) is 0 Å². The van der Waals surface area contributed by atoms with Gasteiger partial charge in [0.05, 0.1) is 0 Å². The first-order valence-electron chi connectivity index (χ1n) is 5.73. The van der Waals surface area contributed by atoms with Gasteiger partial charge in [0.25, 0.3) is 0 Å². The summed E-state index contributed by atoms with van der Waals surface area (Å²) in [6, 6.07) is 12.2. The van der Waals surface area contributed by atoms with E-state index in [1.807, 2.05) is 0 Å². The predicted molar refractivity (Wildman–Crippen MR) is 68.8 cm³/mol. The van der Waals surface area contributed by atoms with E-state index in [2.05, 4.69) is 0 Å². The molecule has 0 N–H and O–H groups in total. The van der Waals surface area contributed by atoms with E-state index in [-0.39, 0.29) is 18.4 Å². The molecular formula is C15H13FO3. The van der Waals surface area contributed by atoms with Crippen LogP contribution in [-0.4, -0.2) is 19.7 Å². The highest BCUT2D eigenvalue weighted by Gasteiger charge is 2.09. The molecule has 0 aliphatic carbocycles. The second kappa shape index (κ2) is 6.11. The number of halogens is 1. The summed E-state index contributed by atoms with van der Waals surface area (Å²) in [5.74, 6) is 0.00593. The molecule has 4 heteroatoms. The summed E-state index contributed by atoms with van der Waals surface area (Å²) in [6.07, 6.45) is 0. The lowest BCUT2D eigenvalue weighted by atomic mass is 10.0. The third kappa shape index (κ3) is 3.39. The molecule has 0 saturated heterocycles. The first-order chi connectivity index (χ1) is 9.20. The van der Waals surface area contributed by atoms with Gasteiger partial charge in [0.1, 0.15) is 11.6 Å². The topological polar surface area (TPSA) is 35.5 Å². The van der Waals surface area contributed by atoms with Crippen molar-refractivity contribution in [2.75, 3.05) is 13.9 Å². The molecule has 0 aliphatic rings. The highest BCUT2D eigenvalue weighted by atomic mass is 19.1. The van der Waals surface area contributed by atoms with Crippen LogP contribution in [0.3, 0.4) is 0 Å². The fourth-order valence-corrected chi connectivity index (χ4v) is 1.62. The number of hydrogen-bond donors (Lipinski definition) is 0. The average molecular weight is 260 g/mol. The van der Waals surface area contributed by atoms with Gasteiger partial charge in [-0.1, -0.05) is 12.1 Å². The van der Waals surface area contributed by atoms with Crippen molar-refractivity contribution in [2.24, 2.45) is 0 Å². The van der Waals surface area contributed by atoms with Crippen LogP contribution < -0.4 is 4.74 Å². The standard InChI is InChI=1S/C15H13FO3/c1-18-10-19-14-4-2-3-12(9-14)15(17)11-5-7-13(16)8-6-11/h2-9H,10H2,1H3. The van der Waals surface area contributed by atoms with Crippen LogP contribution in [0.4, 0.5) is 4.39 Å². The minimum atomic E-state index is -0.367. The summed E-state index contributed by atoms with van der Waals surface area (Å²) >= 11 is 0. The number of rotatable bonds is 5. The molecule has 98 valence electrons. The Hall–Kier alpha value is -2.20. The number of ether oxygens (including phenoxy) is 2. The highest BCUT2D eigenvalue weighted by molar-refractivity contribution is 6.09. The minimum Gasteiger partial charge on any atom is -0.468 e. The van der Waals surface area contributed by atoms with E-state index in [9.17, 15) is 9.18 Å². The van der Waals surface area contributed by atoms with Gasteiger partial charge < -0.3 is 9.47 Å². The smallest absolute Gasteiger partial charge is 0.193 e. The lowest BCUT2D eigenvalue weighted by molar-refractivity contribution is 0.0510. The first-order valence-corrected chi connectivity index (χ1v) is 5.73. The molecular weight excluding hydrogens is 247 g/mol. The van der Waals surface area contributed by atoms with Crippen molar-refractivity contribution >= 4 is 5.78 Å². The zero-order valence-corrected chi connectivity index (χ0v) is 10.4. The molecule has 0 aliphatic heterocycles. The number of benzene rings is 2. The van der Waals surface area contributed by atoms with Gasteiger partial charge in [0, 0.05) is 18.2 Å². The van der Waals surface area contributed by atoms with E-state index in [1.54, 1.807) is 24.3 Å². The van der Waals surface area contributed by atoms with Crippen molar-refractivity contribution in [2.45, 2.75) is 0 Å². The molecule has 0 saturated carbocycles. The maximum atomic E-state index is 12.8. The normalized spacial score (nSPS) is 10.2. The summed E-state index contributed by atoms with van der Waals surface area (Å²) in [4.78, 5) is 12.2. The Kier molecular flexibility index (Phi) is 4.26. The van der Waals surface area contributed by atoms with Crippen LogP contribution in [0.25, 0.3) is 0 Å². The van der Waals surface area contributed by atoms with Gasteiger partial charge in [0.15, 0.2) is 12.6 Å². The Balaban J connectivity index is 2.21. The van der Waals surface area contributed by atoms with Crippen LogP contribution in [-0.2, 0) is 4.74 Å². The van der Waals surface area contributed by atoms with Gasteiger partial charge >= 0.3 is 0 Å². The predicted octanol–water partition coefficient (Wildman–Crippen LogP) is 3.04. The van der Waals surface area contributed by atoms with Crippen LogP contribution in [0.15, 0.2) is 48.5 Å². The highest BCUT2D eigenvalue weighted by Crippen LogP contribution is 2.17. The number of methoxy groups -OCH3 is 1. The first kappa shape index (κ1) is 13.2. The second-order valence-corrected chi connectivity index (χ2v) is 3.91. The van der Waals surface area contributed by atoms with Crippen LogP contribution in [0.2, 0.25) is 0 Å². The zero-order valence-electron chi connectivity index (χ0n) is 10.4. The SMILES string of the molecule is COCOc1cccc(C(=O)c2ccc(F)cc2)c1. The van der Waals surface area contributed by atoms with Gasteiger partial charge in [-0.05, 0) is 36.4 Å². The van der Waals surface area contributed by atoms with Gasteiger partial charge in [-0.3, -0.25) is 4.79 Å². The molecule has 0 atom stereocenters. The summed E-state index contributed by atoms with van der Waals surface area (Å²) in [6.45, 7) is 0.119. The van der Waals surface area contributed by atoms with Gasteiger partial charge in [-0.25, -0.2) is 4.39 Å². The Morgan fingerprint density at radius 1 is 1.11 bits per heavy atom. The molecule has 0 amide bonds. The van der Waals surface area contributed by atoms with Crippen molar-refractivity contribution in [1.29, 1.82) is 0 Å². The molecule has 0 spiro atoms. The van der Waals surface area contributed by atoms with Gasteiger partial charge in [-0.15, -0.1) is 0 Å². The Morgan fingerprint density at radius 3 is 2.53 bits per heavy atom. The molecule has 19 heavy (non-hydrogen) atoms. The number of ketones is 1. The third-order valence-corrected chi connectivity index (χ3v) is 2.55. The Labute approximate surface area is 110 Å². The minimum absolute atomic E-state index is 0.119. The molecule has 2 aromatic rings. The third-order valence-electron chi connectivity index (χ3n) is 2.55. The van der Waals surface area contributed by atoms with E-state index >= 15 is 0 Å². The maximum Gasteiger partial charge on any atom is 0.193 e. The molecule has 0 heterocycles. The number of hydrogen-bond acceptors (Lipinski definition) is 3. The number of carbonyl (C=O) groups is 1. The van der Waals surface area contributed by atoms with Crippen molar-refractivity contribution < 1.29 is 18.7 Å². The molecule has 0 unspecified atom stereocenters. The summed E-state index contributed by atoms with van der Waals surface area (Å²) in [5.41, 5.74) is 0.922.